The Bertz CT molecular complexity index is 852. The van der Waals surface area contributed by atoms with Gasteiger partial charge in [0.25, 0.3) is 0 Å². The van der Waals surface area contributed by atoms with E-state index in [4.69, 9.17) is 5.73 Å². The molecular weight excluding hydrogens is 312 g/mol. The van der Waals surface area contributed by atoms with Gasteiger partial charge in [0.2, 0.25) is 5.91 Å². The average Bonchev–Trinajstić information content (AvgIpc) is 3.03. The molecule has 3 aromatic rings. The van der Waals surface area contributed by atoms with Gasteiger partial charge in [-0.1, -0.05) is 56.3 Å². The highest BCUT2D eigenvalue weighted by atomic mass is 16.1. The van der Waals surface area contributed by atoms with Crippen LogP contribution in [0.15, 0.2) is 48.5 Å². The van der Waals surface area contributed by atoms with Crippen molar-refractivity contribution in [2.24, 2.45) is 5.73 Å². The van der Waals surface area contributed by atoms with Gasteiger partial charge in [0.15, 0.2) is 0 Å². The first-order valence-corrected chi connectivity index (χ1v) is 8.58. The molecule has 5 nitrogen and oxygen atoms in total. The second-order valence-corrected chi connectivity index (χ2v) is 6.63. The number of benzene rings is 2. The van der Waals surface area contributed by atoms with Crippen molar-refractivity contribution in [3.8, 4) is 0 Å². The largest absolute Gasteiger partial charge is 0.354 e. The smallest absolute Gasteiger partial charge is 0.226 e. The lowest BCUT2D eigenvalue weighted by Crippen LogP contribution is -2.33. The Morgan fingerprint density at radius 2 is 1.80 bits per heavy atom. The van der Waals surface area contributed by atoms with Crippen LogP contribution in [-0.4, -0.2) is 22.6 Å². The van der Waals surface area contributed by atoms with Crippen molar-refractivity contribution in [3.63, 3.8) is 0 Å². The SMILES string of the molecule is CC(C)c1ccc(C(N)CNC(=O)Cc2[nH]nc3ccccc23)cc1. The van der Waals surface area contributed by atoms with E-state index in [0.29, 0.717) is 12.5 Å². The number of para-hydroxylation sites is 1. The maximum absolute atomic E-state index is 12.2. The molecule has 0 saturated heterocycles. The van der Waals surface area contributed by atoms with Crippen LogP contribution in [0.2, 0.25) is 0 Å². The number of hydrogen-bond donors (Lipinski definition) is 3. The van der Waals surface area contributed by atoms with Crippen LogP contribution in [0, 0.1) is 0 Å². The van der Waals surface area contributed by atoms with Crippen molar-refractivity contribution in [2.75, 3.05) is 6.54 Å². The summed E-state index contributed by atoms with van der Waals surface area (Å²) in [6, 6.07) is 15.8. The Morgan fingerprint density at radius 1 is 1.12 bits per heavy atom. The molecule has 0 radical (unpaired) electrons. The van der Waals surface area contributed by atoms with Gasteiger partial charge in [-0.2, -0.15) is 5.10 Å². The molecule has 0 saturated carbocycles. The van der Waals surface area contributed by atoms with Crippen LogP contribution in [0.25, 0.3) is 10.9 Å². The van der Waals surface area contributed by atoms with Gasteiger partial charge in [0.1, 0.15) is 0 Å². The first kappa shape index (κ1) is 17.2. The minimum atomic E-state index is -0.219. The molecule has 3 rings (SSSR count). The molecule has 0 fully saturated rings. The third-order valence-corrected chi connectivity index (χ3v) is 4.43. The van der Waals surface area contributed by atoms with E-state index in [-0.39, 0.29) is 18.4 Å². The summed E-state index contributed by atoms with van der Waals surface area (Å²) < 4.78 is 0. The first-order valence-electron chi connectivity index (χ1n) is 8.58. The minimum Gasteiger partial charge on any atom is -0.354 e. The van der Waals surface area contributed by atoms with Gasteiger partial charge in [-0.3, -0.25) is 9.89 Å². The summed E-state index contributed by atoms with van der Waals surface area (Å²) in [6.07, 6.45) is 0.263. The van der Waals surface area contributed by atoms with Crippen LogP contribution in [0.3, 0.4) is 0 Å². The third-order valence-electron chi connectivity index (χ3n) is 4.43. The van der Waals surface area contributed by atoms with Crippen molar-refractivity contribution in [1.82, 2.24) is 15.5 Å². The van der Waals surface area contributed by atoms with Crippen LogP contribution in [0.5, 0.6) is 0 Å². The van der Waals surface area contributed by atoms with E-state index in [1.54, 1.807) is 0 Å². The third kappa shape index (κ3) is 4.06. The van der Waals surface area contributed by atoms with Crippen LogP contribution in [0.1, 0.15) is 42.6 Å². The number of carbonyl (C=O) groups excluding carboxylic acids is 1. The Balaban J connectivity index is 1.56. The fraction of sp³-hybridized carbons (Fsp3) is 0.300. The number of fused-ring (bicyclic) bond motifs is 1. The lowest BCUT2D eigenvalue weighted by Gasteiger charge is -2.14. The molecule has 1 aromatic heterocycles. The van der Waals surface area contributed by atoms with Crippen molar-refractivity contribution in [2.45, 2.75) is 32.2 Å². The van der Waals surface area contributed by atoms with E-state index < -0.39 is 0 Å². The monoisotopic (exact) mass is 336 g/mol. The number of carbonyl (C=O) groups is 1. The van der Waals surface area contributed by atoms with Crippen molar-refractivity contribution < 1.29 is 4.79 Å². The predicted octanol–water partition coefficient (Wildman–Crippen LogP) is 3.05. The number of nitrogens with one attached hydrogen (secondary N) is 2. The van der Waals surface area contributed by atoms with Crippen molar-refractivity contribution in [3.05, 3.63) is 65.4 Å². The fourth-order valence-electron chi connectivity index (χ4n) is 2.84. The Morgan fingerprint density at radius 3 is 2.52 bits per heavy atom. The fourth-order valence-corrected chi connectivity index (χ4v) is 2.84. The zero-order valence-corrected chi connectivity index (χ0v) is 14.6. The van der Waals surface area contributed by atoms with E-state index >= 15 is 0 Å². The van der Waals surface area contributed by atoms with E-state index in [1.807, 2.05) is 36.4 Å². The quantitative estimate of drug-likeness (QED) is 0.647. The Labute approximate surface area is 147 Å². The number of aromatic amines is 1. The summed E-state index contributed by atoms with van der Waals surface area (Å²) >= 11 is 0. The molecular formula is C20H24N4O. The van der Waals surface area contributed by atoms with Gasteiger partial charge in [-0.25, -0.2) is 0 Å². The molecule has 1 unspecified atom stereocenters. The molecule has 1 heterocycles. The van der Waals surface area contributed by atoms with E-state index in [1.165, 1.54) is 5.56 Å². The summed E-state index contributed by atoms with van der Waals surface area (Å²) in [5.74, 6) is 0.429. The second-order valence-electron chi connectivity index (χ2n) is 6.63. The van der Waals surface area contributed by atoms with Gasteiger partial charge in [0, 0.05) is 18.0 Å². The molecule has 0 aliphatic carbocycles. The molecule has 0 spiro atoms. The number of aromatic nitrogens is 2. The standard InChI is InChI=1S/C20H24N4O/c1-13(2)14-7-9-15(10-8-14)17(21)12-22-20(25)11-19-16-5-3-4-6-18(16)23-24-19/h3-10,13,17H,11-12,21H2,1-2H3,(H,22,25)(H,23,24). The van der Waals surface area contributed by atoms with Gasteiger partial charge in [-0.15, -0.1) is 0 Å². The van der Waals surface area contributed by atoms with Crippen molar-refractivity contribution in [1.29, 1.82) is 0 Å². The van der Waals surface area contributed by atoms with Crippen molar-refractivity contribution >= 4 is 16.8 Å². The lowest BCUT2D eigenvalue weighted by molar-refractivity contribution is -0.120. The van der Waals surface area contributed by atoms with Gasteiger partial charge < -0.3 is 11.1 Å². The number of nitrogens with two attached hydrogens (primary N) is 1. The molecule has 25 heavy (non-hydrogen) atoms. The maximum atomic E-state index is 12.2. The summed E-state index contributed by atoms with van der Waals surface area (Å²) in [6.45, 7) is 4.73. The normalized spacial score (nSPS) is 12.5. The molecule has 1 atom stereocenters. The zero-order valence-electron chi connectivity index (χ0n) is 14.6. The van der Waals surface area contributed by atoms with Gasteiger partial charge in [0.05, 0.1) is 17.6 Å². The summed E-state index contributed by atoms with van der Waals surface area (Å²) in [4.78, 5) is 12.2. The van der Waals surface area contributed by atoms with Crippen LogP contribution >= 0.6 is 0 Å². The van der Waals surface area contributed by atoms with Gasteiger partial charge in [-0.05, 0) is 23.1 Å². The Kier molecular flexibility index (Phi) is 5.14. The highest BCUT2D eigenvalue weighted by Crippen LogP contribution is 2.18. The highest BCUT2D eigenvalue weighted by Gasteiger charge is 2.12. The number of hydrogen-bond acceptors (Lipinski definition) is 3. The summed E-state index contributed by atoms with van der Waals surface area (Å²) in [7, 11) is 0. The molecule has 0 aliphatic rings. The lowest BCUT2D eigenvalue weighted by atomic mass is 9.99. The van der Waals surface area contributed by atoms with E-state index in [2.05, 4.69) is 41.5 Å². The van der Waals surface area contributed by atoms with Crippen LogP contribution in [-0.2, 0) is 11.2 Å². The summed E-state index contributed by atoms with van der Waals surface area (Å²) in [5, 5.41) is 11.0. The highest BCUT2D eigenvalue weighted by molar-refractivity contribution is 5.87. The van der Waals surface area contributed by atoms with Crippen LogP contribution < -0.4 is 11.1 Å². The molecule has 0 bridgehead atoms. The van der Waals surface area contributed by atoms with Crippen LogP contribution in [0.4, 0.5) is 0 Å². The predicted molar refractivity (Wildman–Crippen MR) is 100 cm³/mol. The minimum absolute atomic E-state index is 0.0661. The first-order chi connectivity index (χ1) is 12.0. The summed E-state index contributed by atoms with van der Waals surface area (Å²) in [5.41, 5.74) is 10.2. The zero-order chi connectivity index (χ0) is 17.8. The molecule has 0 aliphatic heterocycles. The molecule has 130 valence electrons. The number of H-pyrrole nitrogens is 1. The van der Waals surface area contributed by atoms with Gasteiger partial charge >= 0.3 is 0 Å². The number of nitrogens with zero attached hydrogens (tertiary/aromatic N) is 1. The Hall–Kier alpha value is -2.66. The number of amides is 1. The molecule has 1 amide bonds. The topological polar surface area (TPSA) is 83.8 Å². The van der Waals surface area contributed by atoms with E-state index in [9.17, 15) is 4.79 Å². The second kappa shape index (κ2) is 7.49. The molecule has 4 N–H and O–H groups in total. The molecule has 2 aromatic carbocycles. The maximum Gasteiger partial charge on any atom is 0.226 e. The number of rotatable bonds is 6. The van der Waals surface area contributed by atoms with E-state index in [0.717, 1.165) is 22.2 Å². The molecule has 5 heteroatoms. The average molecular weight is 336 g/mol.